The minimum atomic E-state index is -1.09. The molecule has 0 atom stereocenters. The maximum Gasteiger partial charge on any atom is 0.335 e. The fraction of sp³-hybridized carbons (Fsp3) is 0.292. The number of fused-ring (bicyclic) bond motifs is 1. The Kier molecular flexibility index (Phi) is 6.78. The molecule has 1 aliphatic heterocycles. The van der Waals surface area contributed by atoms with Gasteiger partial charge in [0.25, 0.3) is 11.5 Å². The molecule has 2 heterocycles. The highest BCUT2D eigenvalue weighted by Gasteiger charge is 2.23. The van der Waals surface area contributed by atoms with Crippen LogP contribution in [0.25, 0.3) is 10.9 Å². The molecule has 0 radical (unpaired) electrons. The molecule has 1 fully saturated rings. The molecule has 1 aromatic heterocycles. The molecule has 0 unspecified atom stereocenters. The summed E-state index contributed by atoms with van der Waals surface area (Å²) in [6.45, 7) is 2.31. The average molecular weight is 468 g/mol. The number of carbonyl (C=O) groups is 2. The zero-order chi connectivity index (χ0) is 24.2. The fourth-order valence-electron chi connectivity index (χ4n) is 4.18. The van der Waals surface area contributed by atoms with Gasteiger partial charge in [-0.25, -0.2) is 9.18 Å². The first-order valence-electron chi connectivity index (χ1n) is 11.0. The van der Waals surface area contributed by atoms with Crippen LogP contribution < -0.4 is 26.8 Å². The largest absolute Gasteiger partial charge is 0.478 e. The fourth-order valence-corrected chi connectivity index (χ4v) is 4.18. The number of pyridine rings is 1. The lowest BCUT2D eigenvalue weighted by molar-refractivity contribution is 0.0696. The van der Waals surface area contributed by atoms with E-state index in [4.69, 9.17) is 5.11 Å². The third-order valence-corrected chi connectivity index (χ3v) is 6.00. The second kappa shape index (κ2) is 9.92. The molecule has 0 aliphatic carbocycles. The normalized spacial score (nSPS) is 14.1. The summed E-state index contributed by atoms with van der Waals surface area (Å²) in [5.41, 5.74) is 0.652. The van der Waals surface area contributed by atoms with E-state index in [0.717, 1.165) is 25.9 Å². The van der Waals surface area contributed by atoms with Crippen LogP contribution in [-0.2, 0) is 0 Å². The van der Waals surface area contributed by atoms with Crippen molar-refractivity contribution in [3.05, 3.63) is 63.7 Å². The lowest BCUT2D eigenvalue weighted by Gasteiger charge is -2.24. The monoisotopic (exact) mass is 467 g/mol. The first-order chi connectivity index (χ1) is 16.4. The zero-order valence-corrected chi connectivity index (χ0v) is 18.6. The molecule has 1 aliphatic rings. The number of aromatic nitrogens is 1. The maximum atomic E-state index is 14.4. The average Bonchev–Trinajstić information content (AvgIpc) is 2.83. The molecular formula is C24H26FN5O4. The number of rotatable bonds is 7. The topological polar surface area (TPSA) is 135 Å². The van der Waals surface area contributed by atoms with Crippen LogP contribution in [0, 0.1) is 11.7 Å². The number of aromatic carboxylic acids is 1. The molecule has 178 valence electrons. The van der Waals surface area contributed by atoms with Crippen LogP contribution in [0.5, 0.6) is 0 Å². The lowest BCUT2D eigenvalue weighted by Crippen LogP contribution is -2.32. The van der Waals surface area contributed by atoms with Gasteiger partial charge in [-0.05, 0) is 68.2 Å². The number of piperidine rings is 1. The Balaban J connectivity index is 1.75. The Bertz CT molecular complexity index is 1280. The van der Waals surface area contributed by atoms with Crippen molar-refractivity contribution in [3.63, 3.8) is 0 Å². The quantitative estimate of drug-likeness (QED) is 0.314. The van der Waals surface area contributed by atoms with Crippen LogP contribution >= 0.6 is 0 Å². The first-order valence-corrected chi connectivity index (χ1v) is 11.0. The molecule has 0 bridgehead atoms. The molecule has 1 amide bonds. The van der Waals surface area contributed by atoms with Crippen molar-refractivity contribution >= 4 is 39.8 Å². The molecule has 3 aromatic rings. The Morgan fingerprint density at radius 2 is 1.85 bits per heavy atom. The number of hydrogen-bond acceptors (Lipinski definition) is 6. The number of anilines is 3. The first kappa shape index (κ1) is 23.2. The minimum absolute atomic E-state index is 0.0703. The van der Waals surface area contributed by atoms with Crippen molar-refractivity contribution in [2.24, 2.45) is 5.92 Å². The SMILES string of the molecule is CNc1cc(F)cc2c(NCC3CCNCC3)c(C(=O)Nc3ccc(C(=O)O)cc3)c(=O)[nH]c12. The molecule has 10 heteroatoms. The van der Waals surface area contributed by atoms with Crippen LogP contribution in [0.4, 0.5) is 21.5 Å². The van der Waals surface area contributed by atoms with Gasteiger partial charge < -0.3 is 31.4 Å². The highest BCUT2D eigenvalue weighted by atomic mass is 19.1. The molecule has 6 N–H and O–H groups in total. The highest BCUT2D eigenvalue weighted by molar-refractivity contribution is 6.13. The summed E-state index contributed by atoms with van der Waals surface area (Å²) in [5.74, 6) is -1.94. The van der Waals surface area contributed by atoms with Gasteiger partial charge in [-0.15, -0.1) is 0 Å². The number of aromatic amines is 1. The van der Waals surface area contributed by atoms with Crippen LogP contribution in [0.3, 0.4) is 0 Å². The van der Waals surface area contributed by atoms with Crippen LogP contribution in [0.2, 0.25) is 0 Å². The van der Waals surface area contributed by atoms with E-state index in [1.165, 1.54) is 36.4 Å². The Labute approximate surface area is 194 Å². The Morgan fingerprint density at radius 1 is 1.15 bits per heavy atom. The van der Waals surface area contributed by atoms with Crippen molar-refractivity contribution in [1.29, 1.82) is 0 Å². The van der Waals surface area contributed by atoms with Gasteiger partial charge in [0.2, 0.25) is 0 Å². The van der Waals surface area contributed by atoms with Gasteiger partial charge in [0.15, 0.2) is 0 Å². The number of hydrogen-bond donors (Lipinski definition) is 6. The van der Waals surface area contributed by atoms with Crippen molar-refractivity contribution in [1.82, 2.24) is 10.3 Å². The number of carbonyl (C=O) groups excluding carboxylic acids is 1. The molecule has 0 spiro atoms. The van der Waals surface area contributed by atoms with E-state index in [1.54, 1.807) is 7.05 Å². The summed E-state index contributed by atoms with van der Waals surface area (Å²) < 4.78 is 14.4. The van der Waals surface area contributed by atoms with Crippen molar-refractivity contribution in [2.75, 3.05) is 42.6 Å². The number of benzene rings is 2. The van der Waals surface area contributed by atoms with Gasteiger partial charge in [0.05, 0.1) is 22.5 Å². The number of halogens is 1. The Morgan fingerprint density at radius 3 is 2.50 bits per heavy atom. The van der Waals surface area contributed by atoms with Gasteiger partial charge in [0.1, 0.15) is 11.4 Å². The van der Waals surface area contributed by atoms with E-state index in [-0.39, 0.29) is 16.8 Å². The van der Waals surface area contributed by atoms with E-state index >= 15 is 0 Å². The van der Waals surface area contributed by atoms with Crippen LogP contribution in [0.15, 0.2) is 41.2 Å². The molecule has 2 aromatic carbocycles. The van der Waals surface area contributed by atoms with Crippen molar-refractivity contribution < 1.29 is 19.1 Å². The molecular weight excluding hydrogens is 441 g/mol. The number of H-pyrrole nitrogens is 1. The third-order valence-electron chi connectivity index (χ3n) is 6.00. The summed E-state index contributed by atoms with van der Waals surface area (Å²) in [5, 5.41) is 21.5. The van der Waals surface area contributed by atoms with E-state index in [2.05, 4.69) is 26.3 Å². The summed E-state index contributed by atoms with van der Waals surface area (Å²) in [6.07, 6.45) is 1.89. The van der Waals surface area contributed by atoms with E-state index in [1.807, 2.05) is 0 Å². The summed E-state index contributed by atoms with van der Waals surface area (Å²) in [6, 6.07) is 8.16. The predicted molar refractivity (Wildman–Crippen MR) is 130 cm³/mol. The minimum Gasteiger partial charge on any atom is -0.478 e. The van der Waals surface area contributed by atoms with Gasteiger partial charge in [0, 0.05) is 24.7 Å². The smallest absolute Gasteiger partial charge is 0.335 e. The second-order valence-electron chi connectivity index (χ2n) is 8.24. The van der Waals surface area contributed by atoms with Gasteiger partial charge >= 0.3 is 5.97 Å². The Hall–Kier alpha value is -3.92. The highest BCUT2D eigenvalue weighted by Crippen LogP contribution is 2.31. The standard InChI is InChI=1S/C24H26FN5O4/c1-26-18-11-15(25)10-17-20(18)30-23(32)19(21(17)28-12-13-6-8-27-9-7-13)22(31)29-16-4-2-14(3-5-16)24(33)34/h2-5,10-11,13,26-27H,6-9,12H2,1H3,(H,29,31)(H,33,34)(H2,28,30,32). The van der Waals surface area contributed by atoms with E-state index in [0.29, 0.717) is 34.7 Å². The van der Waals surface area contributed by atoms with E-state index < -0.39 is 23.3 Å². The number of carboxylic acids is 1. The molecule has 1 saturated heterocycles. The molecule has 0 saturated carbocycles. The number of amides is 1. The van der Waals surface area contributed by atoms with Crippen molar-refractivity contribution in [3.8, 4) is 0 Å². The van der Waals surface area contributed by atoms with Crippen molar-refractivity contribution in [2.45, 2.75) is 12.8 Å². The van der Waals surface area contributed by atoms with E-state index in [9.17, 15) is 18.8 Å². The third kappa shape index (κ3) is 4.86. The zero-order valence-electron chi connectivity index (χ0n) is 18.6. The van der Waals surface area contributed by atoms with Gasteiger partial charge in [-0.3, -0.25) is 9.59 Å². The molecule has 4 rings (SSSR count). The lowest BCUT2D eigenvalue weighted by atomic mass is 9.97. The van der Waals surface area contributed by atoms with Gasteiger partial charge in [-0.1, -0.05) is 0 Å². The second-order valence-corrected chi connectivity index (χ2v) is 8.24. The molecule has 9 nitrogen and oxygen atoms in total. The van der Waals surface area contributed by atoms with Crippen LogP contribution in [-0.4, -0.2) is 48.6 Å². The maximum absolute atomic E-state index is 14.4. The predicted octanol–water partition coefficient (Wildman–Crippen LogP) is 3.07. The summed E-state index contributed by atoms with van der Waals surface area (Å²) in [7, 11) is 1.62. The number of nitrogens with one attached hydrogen (secondary N) is 5. The summed E-state index contributed by atoms with van der Waals surface area (Å²) >= 11 is 0. The molecule has 34 heavy (non-hydrogen) atoms. The van der Waals surface area contributed by atoms with Gasteiger partial charge in [-0.2, -0.15) is 0 Å². The summed E-state index contributed by atoms with van der Waals surface area (Å²) in [4.78, 5) is 40.0. The number of carboxylic acid groups (broad SMARTS) is 1. The van der Waals surface area contributed by atoms with Crippen LogP contribution in [0.1, 0.15) is 33.6 Å².